The molecule has 18 heavy (non-hydrogen) atoms. The van der Waals surface area contributed by atoms with Gasteiger partial charge in [-0.3, -0.25) is 0 Å². The molecule has 0 aromatic heterocycles. The van der Waals surface area contributed by atoms with Crippen molar-refractivity contribution in [3.05, 3.63) is 36.9 Å². The van der Waals surface area contributed by atoms with Crippen LogP contribution in [0.5, 0.6) is 5.75 Å². The minimum Gasteiger partial charge on any atom is -0.497 e. The van der Waals surface area contributed by atoms with E-state index >= 15 is 0 Å². The molecule has 1 aromatic rings. The van der Waals surface area contributed by atoms with Gasteiger partial charge in [0, 0.05) is 5.92 Å². The molecule has 1 atom stereocenters. The van der Waals surface area contributed by atoms with Gasteiger partial charge in [-0.2, -0.15) is 8.78 Å². The molecule has 2 nitrogen and oxygen atoms in total. The van der Waals surface area contributed by atoms with E-state index in [1.165, 1.54) is 14.0 Å². The topological polar surface area (TPSA) is 21.6 Å². The normalized spacial score (nSPS) is 14.2. The highest BCUT2D eigenvalue weighted by molar-refractivity contribution is 6.67. The third-order valence-electron chi connectivity index (χ3n) is 2.50. The Morgan fingerprint density at radius 3 is 2.44 bits per heavy atom. The van der Waals surface area contributed by atoms with Crippen LogP contribution in [0.1, 0.15) is 6.92 Å². The van der Waals surface area contributed by atoms with Gasteiger partial charge in [-0.05, 0) is 24.3 Å². The zero-order valence-corrected chi connectivity index (χ0v) is 10.9. The van der Waals surface area contributed by atoms with Gasteiger partial charge in [0.1, 0.15) is 5.75 Å². The van der Waals surface area contributed by atoms with Crippen molar-refractivity contribution in [2.24, 2.45) is 10.9 Å². The quantitative estimate of drug-likeness (QED) is 0.575. The molecular formula is C13H14ClF2NO. The molecule has 98 valence electrons. The van der Waals surface area contributed by atoms with Gasteiger partial charge in [-0.25, -0.2) is 4.99 Å². The SMILES string of the molecule is C=CC(C)C(F)(F)C(Cl)=Nc1ccc(OC)cc1. The molecule has 0 spiro atoms. The van der Waals surface area contributed by atoms with Gasteiger partial charge >= 0.3 is 5.92 Å². The van der Waals surface area contributed by atoms with E-state index in [1.807, 2.05) is 0 Å². The van der Waals surface area contributed by atoms with Gasteiger partial charge in [0.2, 0.25) is 0 Å². The summed E-state index contributed by atoms with van der Waals surface area (Å²) in [5.41, 5.74) is 0.344. The van der Waals surface area contributed by atoms with Crippen LogP contribution in [0, 0.1) is 5.92 Å². The highest BCUT2D eigenvalue weighted by atomic mass is 35.5. The van der Waals surface area contributed by atoms with Gasteiger partial charge < -0.3 is 4.74 Å². The fourth-order valence-electron chi connectivity index (χ4n) is 1.18. The molecule has 1 unspecified atom stereocenters. The molecule has 0 fully saturated rings. The Labute approximate surface area is 110 Å². The van der Waals surface area contributed by atoms with Crippen LogP contribution in [-0.2, 0) is 0 Å². The molecule has 0 saturated heterocycles. The highest BCUT2D eigenvalue weighted by Gasteiger charge is 2.39. The average Bonchev–Trinajstić information content (AvgIpc) is 2.38. The molecule has 0 aliphatic heterocycles. The molecule has 0 bridgehead atoms. The monoisotopic (exact) mass is 273 g/mol. The van der Waals surface area contributed by atoms with Crippen LogP contribution >= 0.6 is 11.6 Å². The lowest BCUT2D eigenvalue weighted by atomic mass is 10.1. The maximum atomic E-state index is 13.7. The number of rotatable bonds is 5. The fraction of sp³-hybridized carbons (Fsp3) is 0.308. The van der Waals surface area contributed by atoms with E-state index in [9.17, 15) is 8.78 Å². The predicted octanol–water partition coefficient (Wildman–Crippen LogP) is 4.42. The van der Waals surface area contributed by atoms with Crippen LogP contribution in [-0.4, -0.2) is 18.2 Å². The van der Waals surface area contributed by atoms with Crippen LogP contribution in [0.15, 0.2) is 41.9 Å². The maximum absolute atomic E-state index is 13.7. The Balaban J connectivity index is 2.97. The largest absolute Gasteiger partial charge is 0.497 e. The Kier molecular flexibility index (Phi) is 4.84. The van der Waals surface area contributed by atoms with Crippen LogP contribution in [0.3, 0.4) is 0 Å². The number of benzene rings is 1. The smallest absolute Gasteiger partial charge is 0.306 e. The number of allylic oxidation sites excluding steroid dienone is 1. The lowest BCUT2D eigenvalue weighted by Crippen LogP contribution is -2.31. The Morgan fingerprint density at radius 2 is 2.00 bits per heavy atom. The predicted molar refractivity (Wildman–Crippen MR) is 70.3 cm³/mol. The van der Waals surface area contributed by atoms with Crippen molar-refractivity contribution < 1.29 is 13.5 Å². The van der Waals surface area contributed by atoms with E-state index < -0.39 is 17.0 Å². The number of methoxy groups -OCH3 is 1. The molecular weight excluding hydrogens is 260 g/mol. The highest BCUT2D eigenvalue weighted by Crippen LogP contribution is 2.31. The van der Waals surface area contributed by atoms with E-state index in [0.29, 0.717) is 11.4 Å². The molecule has 0 heterocycles. The summed E-state index contributed by atoms with van der Waals surface area (Å²) >= 11 is 5.58. The molecule has 5 heteroatoms. The van der Waals surface area contributed by atoms with E-state index in [0.717, 1.165) is 6.08 Å². The molecule has 0 N–H and O–H groups in total. The third kappa shape index (κ3) is 3.29. The summed E-state index contributed by atoms with van der Waals surface area (Å²) in [6.45, 7) is 4.66. The van der Waals surface area contributed by atoms with E-state index in [-0.39, 0.29) is 0 Å². The summed E-state index contributed by atoms with van der Waals surface area (Å²) in [6, 6.07) is 6.35. The Morgan fingerprint density at radius 1 is 1.44 bits per heavy atom. The number of hydrogen-bond acceptors (Lipinski definition) is 2. The average molecular weight is 274 g/mol. The minimum absolute atomic E-state index is 0.344. The summed E-state index contributed by atoms with van der Waals surface area (Å²) in [4.78, 5) is 3.70. The van der Waals surface area contributed by atoms with E-state index in [1.54, 1.807) is 24.3 Å². The first-order chi connectivity index (χ1) is 8.41. The van der Waals surface area contributed by atoms with Crippen LogP contribution in [0.2, 0.25) is 0 Å². The van der Waals surface area contributed by atoms with Crippen LogP contribution in [0.4, 0.5) is 14.5 Å². The zero-order valence-electron chi connectivity index (χ0n) is 10.2. The second kappa shape index (κ2) is 5.96. The van der Waals surface area contributed by atoms with Crippen molar-refractivity contribution in [2.75, 3.05) is 7.11 Å². The Hall–Kier alpha value is -1.42. The molecule has 1 aromatic carbocycles. The summed E-state index contributed by atoms with van der Waals surface area (Å²) in [7, 11) is 1.52. The number of nitrogens with zero attached hydrogens (tertiary/aromatic N) is 1. The van der Waals surface area contributed by atoms with Gasteiger partial charge in [0.05, 0.1) is 12.8 Å². The van der Waals surface area contributed by atoms with Crippen molar-refractivity contribution in [3.8, 4) is 5.75 Å². The second-order valence-corrected chi connectivity index (χ2v) is 4.11. The zero-order chi connectivity index (χ0) is 13.8. The van der Waals surface area contributed by atoms with Crippen molar-refractivity contribution in [1.29, 1.82) is 0 Å². The maximum Gasteiger partial charge on any atom is 0.306 e. The number of alkyl halides is 2. The molecule has 0 aliphatic rings. The van der Waals surface area contributed by atoms with Gasteiger partial charge in [0.15, 0.2) is 5.17 Å². The first kappa shape index (κ1) is 14.6. The summed E-state index contributed by atoms with van der Waals surface area (Å²) in [6.07, 6.45) is 1.14. The molecule has 0 radical (unpaired) electrons. The van der Waals surface area contributed by atoms with Crippen molar-refractivity contribution >= 4 is 22.5 Å². The van der Waals surface area contributed by atoms with Crippen LogP contribution < -0.4 is 4.74 Å². The Bertz CT molecular complexity index is 443. The number of halogens is 3. The van der Waals surface area contributed by atoms with Crippen molar-refractivity contribution in [1.82, 2.24) is 0 Å². The molecule has 0 aliphatic carbocycles. The number of aliphatic imine (C=N–C) groups is 1. The number of hydrogen-bond donors (Lipinski definition) is 0. The van der Waals surface area contributed by atoms with Gasteiger partial charge in [0.25, 0.3) is 0 Å². The molecule has 1 rings (SSSR count). The minimum atomic E-state index is -3.22. The van der Waals surface area contributed by atoms with E-state index in [4.69, 9.17) is 16.3 Å². The second-order valence-electron chi connectivity index (χ2n) is 3.75. The van der Waals surface area contributed by atoms with Gasteiger partial charge in [-0.1, -0.05) is 24.6 Å². The first-order valence-electron chi connectivity index (χ1n) is 5.31. The lowest BCUT2D eigenvalue weighted by Gasteiger charge is -2.18. The molecule has 0 saturated carbocycles. The summed E-state index contributed by atoms with van der Waals surface area (Å²) < 4.78 is 32.3. The fourth-order valence-corrected chi connectivity index (χ4v) is 1.45. The standard InChI is InChI=1S/C13H14ClF2NO/c1-4-9(2)13(15,16)12(14)17-10-5-7-11(18-3)8-6-10/h4-9H,1H2,2-3H3. The van der Waals surface area contributed by atoms with Crippen molar-refractivity contribution in [3.63, 3.8) is 0 Å². The first-order valence-corrected chi connectivity index (χ1v) is 5.68. The molecule has 0 amide bonds. The summed E-state index contributed by atoms with van der Waals surface area (Å²) in [5, 5.41) is -0.750. The van der Waals surface area contributed by atoms with E-state index in [2.05, 4.69) is 11.6 Å². The third-order valence-corrected chi connectivity index (χ3v) is 2.84. The lowest BCUT2D eigenvalue weighted by molar-refractivity contribution is 0.0431. The van der Waals surface area contributed by atoms with Gasteiger partial charge in [-0.15, -0.1) is 6.58 Å². The number of ether oxygens (including phenoxy) is 1. The summed E-state index contributed by atoms with van der Waals surface area (Å²) in [5.74, 6) is -3.67. The van der Waals surface area contributed by atoms with Crippen molar-refractivity contribution in [2.45, 2.75) is 12.8 Å². The van der Waals surface area contributed by atoms with Crippen LogP contribution in [0.25, 0.3) is 0 Å².